The van der Waals surface area contributed by atoms with Crippen molar-refractivity contribution in [1.82, 2.24) is 0 Å². The fourth-order valence-electron chi connectivity index (χ4n) is 2.01. The van der Waals surface area contributed by atoms with Gasteiger partial charge >= 0.3 is 0 Å². The minimum Gasteiger partial charge on any atom is -0.490 e. The maximum atomic E-state index is 6.39. The Kier molecular flexibility index (Phi) is 2.68. The Bertz CT molecular complexity index is 388. The van der Waals surface area contributed by atoms with E-state index in [9.17, 15) is 0 Å². The van der Waals surface area contributed by atoms with Gasteiger partial charge in [-0.3, -0.25) is 0 Å². The summed E-state index contributed by atoms with van der Waals surface area (Å²) in [4.78, 5) is 0. The zero-order valence-corrected chi connectivity index (χ0v) is 9.87. The molecule has 2 nitrogen and oxygen atoms in total. The van der Waals surface area contributed by atoms with Crippen LogP contribution < -0.4 is 9.47 Å². The SMILES string of the molecule is ClC(c1ccc2c(c1)OCCCO2)C1CC1. The van der Waals surface area contributed by atoms with Crippen LogP contribution in [-0.4, -0.2) is 13.2 Å². The summed E-state index contributed by atoms with van der Waals surface area (Å²) in [6, 6.07) is 6.08. The lowest BCUT2D eigenvalue weighted by atomic mass is 10.1. The number of fused-ring (bicyclic) bond motifs is 1. The average molecular weight is 239 g/mol. The molecule has 0 N–H and O–H groups in total. The van der Waals surface area contributed by atoms with Crippen LogP contribution in [0.5, 0.6) is 11.5 Å². The zero-order chi connectivity index (χ0) is 11.0. The molecule has 1 atom stereocenters. The lowest BCUT2D eigenvalue weighted by Gasteiger charge is -2.12. The molecule has 1 aliphatic heterocycles. The first-order valence-corrected chi connectivity index (χ1v) is 6.32. The summed E-state index contributed by atoms with van der Waals surface area (Å²) in [6.45, 7) is 1.46. The summed E-state index contributed by atoms with van der Waals surface area (Å²) in [5, 5.41) is 0.136. The molecule has 0 saturated heterocycles. The van der Waals surface area contributed by atoms with Crippen LogP contribution >= 0.6 is 11.6 Å². The Labute approximate surface area is 101 Å². The average Bonchev–Trinajstić information content (AvgIpc) is 3.14. The van der Waals surface area contributed by atoms with Crippen molar-refractivity contribution in [2.75, 3.05) is 13.2 Å². The summed E-state index contributed by atoms with van der Waals surface area (Å²) in [5.74, 6) is 2.36. The Balaban J connectivity index is 1.87. The van der Waals surface area contributed by atoms with E-state index in [2.05, 4.69) is 6.07 Å². The summed E-state index contributed by atoms with van der Waals surface area (Å²) >= 11 is 6.39. The monoisotopic (exact) mass is 238 g/mol. The van der Waals surface area contributed by atoms with Crippen LogP contribution in [0.2, 0.25) is 0 Å². The molecule has 1 heterocycles. The third kappa shape index (κ3) is 1.99. The minimum atomic E-state index is 0.136. The minimum absolute atomic E-state index is 0.136. The second kappa shape index (κ2) is 4.17. The molecule has 86 valence electrons. The molecule has 1 fully saturated rings. The molecule has 0 radical (unpaired) electrons. The van der Waals surface area contributed by atoms with Gasteiger partial charge < -0.3 is 9.47 Å². The van der Waals surface area contributed by atoms with Crippen molar-refractivity contribution in [2.24, 2.45) is 5.92 Å². The summed E-state index contributed by atoms with van der Waals surface area (Å²) in [5.41, 5.74) is 1.16. The van der Waals surface area contributed by atoms with Crippen molar-refractivity contribution in [2.45, 2.75) is 24.6 Å². The quantitative estimate of drug-likeness (QED) is 0.734. The Morgan fingerprint density at radius 1 is 1.12 bits per heavy atom. The fourth-order valence-corrected chi connectivity index (χ4v) is 2.40. The normalized spacial score (nSPS) is 21.3. The lowest BCUT2D eigenvalue weighted by molar-refractivity contribution is 0.297. The molecular formula is C13H15ClO2. The molecule has 3 rings (SSSR count). The van der Waals surface area contributed by atoms with Crippen LogP contribution in [0.15, 0.2) is 18.2 Å². The van der Waals surface area contributed by atoms with Crippen molar-refractivity contribution in [3.05, 3.63) is 23.8 Å². The van der Waals surface area contributed by atoms with Crippen molar-refractivity contribution in [3.63, 3.8) is 0 Å². The van der Waals surface area contributed by atoms with E-state index in [0.717, 1.165) is 36.7 Å². The number of rotatable bonds is 2. The Hall–Kier alpha value is -0.890. The number of halogens is 1. The molecule has 0 amide bonds. The molecule has 0 spiro atoms. The van der Waals surface area contributed by atoms with Crippen molar-refractivity contribution in [1.29, 1.82) is 0 Å². The highest BCUT2D eigenvalue weighted by atomic mass is 35.5. The summed E-state index contributed by atoms with van der Waals surface area (Å²) < 4.78 is 11.2. The van der Waals surface area contributed by atoms with Gasteiger partial charge in [-0.2, -0.15) is 0 Å². The van der Waals surface area contributed by atoms with E-state index in [1.807, 2.05) is 12.1 Å². The van der Waals surface area contributed by atoms with Gasteiger partial charge in [-0.25, -0.2) is 0 Å². The van der Waals surface area contributed by atoms with Crippen molar-refractivity contribution >= 4 is 11.6 Å². The van der Waals surface area contributed by atoms with E-state index < -0.39 is 0 Å². The molecule has 0 aromatic heterocycles. The molecule has 1 aromatic carbocycles. The van der Waals surface area contributed by atoms with Gasteiger partial charge in [-0.1, -0.05) is 6.07 Å². The highest BCUT2D eigenvalue weighted by Crippen LogP contribution is 2.46. The van der Waals surface area contributed by atoms with Gasteiger partial charge in [0, 0.05) is 6.42 Å². The maximum Gasteiger partial charge on any atom is 0.161 e. The third-order valence-corrected chi connectivity index (χ3v) is 3.73. The maximum absolute atomic E-state index is 6.39. The first-order valence-electron chi connectivity index (χ1n) is 5.88. The van der Waals surface area contributed by atoms with Crippen LogP contribution in [0, 0.1) is 5.92 Å². The highest BCUT2D eigenvalue weighted by molar-refractivity contribution is 6.21. The topological polar surface area (TPSA) is 18.5 Å². The summed E-state index contributed by atoms with van der Waals surface area (Å²) in [6.07, 6.45) is 3.45. The van der Waals surface area contributed by atoms with Gasteiger partial charge in [0.05, 0.1) is 18.6 Å². The number of hydrogen-bond donors (Lipinski definition) is 0. The van der Waals surface area contributed by atoms with Crippen LogP contribution in [0.4, 0.5) is 0 Å². The number of hydrogen-bond acceptors (Lipinski definition) is 2. The van der Waals surface area contributed by atoms with Crippen LogP contribution in [0.3, 0.4) is 0 Å². The molecular weight excluding hydrogens is 224 g/mol. The van der Waals surface area contributed by atoms with E-state index in [0.29, 0.717) is 5.92 Å². The molecule has 1 unspecified atom stereocenters. The van der Waals surface area contributed by atoms with E-state index in [4.69, 9.17) is 21.1 Å². The van der Waals surface area contributed by atoms with Crippen LogP contribution in [0.25, 0.3) is 0 Å². The second-order valence-corrected chi connectivity index (χ2v) is 4.97. The van der Waals surface area contributed by atoms with Gasteiger partial charge in [-0.15, -0.1) is 11.6 Å². The predicted octanol–water partition coefficient (Wildman–Crippen LogP) is 3.54. The molecule has 1 aliphatic carbocycles. The molecule has 2 aliphatic rings. The first-order chi connectivity index (χ1) is 7.84. The summed E-state index contributed by atoms with van der Waals surface area (Å²) in [7, 11) is 0. The zero-order valence-electron chi connectivity index (χ0n) is 9.12. The highest BCUT2D eigenvalue weighted by Gasteiger charge is 2.31. The Morgan fingerprint density at radius 2 is 1.88 bits per heavy atom. The molecule has 1 aromatic rings. The molecule has 3 heteroatoms. The van der Waals surface area contributed by atoms with Gasteiger partial charge in [0.25, 0.3) is 0 Å². The van der Waals surface area contributed by atoms with E-state index in [-0.39, 0.29) is 5.38 Å². The van der Waals surface area contributed by atoms with Gasteiger partial charge in [0.1, 0.15) is 0 Å². The third-order valence-electron chi connectivity index (χ3n) is 3.13. The molecule has 1 saturated carbocycles. The fraction of sp³-hybridized carbons (Fsp3) is 0.538. The largest absolute Gasteiger partial charge is 0.490 e. The second-order valence-electron chi connectivity index (χ2n) is 4.50. The number of benzene rings is 1. The predicted molar refractivity (Wildman–Crippen MR) is 63.4 cm³/mol. The lowest BCUT2D eigenvalue weighted by Crippen LogP contribution is -1.97. The number of alkyl halides is 1. The smallest absolute Gasteiger partial charge is 0.161 e. The van der Waals surface area contributed by atoms with Gasteiger partial charge in [0.2, 0.25) is 0 Å². The van der Waals surface area contributed by atoms with Crippen LogP contribution in [-0.2, 0) is 0 Å². The van der Waals surface area contributed by atoms with E-state index in [1.165, 1.54) is 12.8 Å². The first kappa shape index (κ1) is 10.3. The van der Waals surface area contributed by atoms with Gasteiger partial charge in [0.15, 0.2) is 11.5 Å². The molecule has 0 bridgehead atoms. The van der Waals surface area contributed by atoms with Crippen molar-refractivity contribution < 1.29 is 9.47 Å². The van der Waals surface area contributed by atoms with Crippen molar-refractivity contribution in [3.8, 4) is 11.5 Å². The van der Waals surface area contributed by atoms with Crippen LogP contribution in [0.1, 0.15) is 30.2 Å². The standard InChI is InChI=1S/C13H15ClO2/c14-13(9-2-3-9)10-4-5-11-12(8-10)16-7-1-6-15-11/h4-5,8-9,13H,1-3,6-7H2. The number of ether oxygens (including phenoxy) is 2. The van der Waals surface area contributed by atoms with E-state index in [1.54, 1.807) is 0 Å². The Morgan fingerprint density at radius 3 is 2.62 bits per heavy atom. The van der Waals surface area contributed by atoms with Gasteiger partial charge in [-0.05, 0) is 36.5 Å². The molecule has 16 heavy (non-hydrogen) atoms. The van der Waals surface area contributed by atoms with E-state index >= 15 is 0 Å².